The summed E-state index contributed by atoms with van der Waals surface area (Å²) in [5.74, 6) is 0.455. The van der Waals surface area contributed by atoms with Gasteiger partial charge in [-0.15, -0.1) is 0 Å². The quantitative estimate of drug-likeness (QED) is 0.937. The van der Waals surface area contributed by atoms with Crippen LogP contribution in [-0.4, -0.2) is 15.7 Å². The SMILES string of the molecule is CCC(=O)Nc1ccn(Cc2c(Cl)cccc2Cl)n1. The van der Waals surface area contributed by atoms with Crippen molar-refractivity contribution in [3.05, 3.63) is 46.1 Å². The molecule has 0 saturated carbocycles. The molecule has 0 fully saturated rings. The summed E-state index contributed by atoms with van der Waals surface area (Å²) in [6.45, 7) is 2.25. The molecule has 0 unspecified atom stereocenters. The molecule has 1 N–H and O–H groups in total. The summed E-state index contributed by atoms with van der Waals surface area (Å²) in [7, 11) is 0. The highest BCUT2D eigenvalue weighted by Crippen LogP contribution is 2.25. The van der Waals surface area contributed by atoms with E-state index in [1.807, 2.05) is 0 Å². The van der Waals surface area contributed by atoms with Crippen LogP contribution in [0.3, 0.4) is 0 Å². The second kappa shape index (κ2) is 6.08. The lowest BCUT2D eigenvalue weighted by molar-refractivity contribution is -0.115. The van der Waals surface area contributed by atoms with E-state index >= 15 is 0 Å². The van der Waals surface area contributed by atoms with Gasteiger partial charge in [-0.2, -0.15) is 5.10 Å². The number of rotatable bonds is 4. The van der Waals surface area contributed by atoms with Gasteiger partial charge in [0.1, 0.15) is 0 Å². The van der Waals surface area contributed by atoms with Gasteiger partial charge in [-0.1, -0.05) is 36.2 Å². The molecule has 0 atom stereocenters. The molecule has 0 bridgehead atoms. The van der Waals surface area contributed by atoms with Crippen LogP contribution in [0.5, 0.6) is 0 Å². The summed E-state index contributed by atoms with van der Waals surface area (Å²) in [5, 5.41) is 8.13. The van der Waals surface area contributed by atoms with Crippen molar-refractivity contribution in [2.75, 3.05) is 5.32 Å². The van der Waals surface area contributed by atoms with Crippen molar-refractivity contribution in [1.82, 2.24) is 9.78 Å². The van der Waals surface area contributed by atoms with Gasteiger partial charge >= 0.3 is 0 Å². The molecule has 19 heavy (non-hydrogen) atoms. The predicted molar refractivity (Wildman–Crippen MR) is 76.7 cm³/mol. The highest BCUT2D eigenvalue weighted by Gasteiger charge is 2.08. The third kappa shape index (κ3) is 3.49. The summed E-state index contributed by atoms with van der Waals surface area (Å²) in [6, 6.07) is 7.10. The van der Waals surface area contributed by atoms with E-state index in [4.69, 9.17) is 23.2 Å². The van der Waals surface area contributed by atoms with Gasteiger partial charge in [-0.05, 0) is 12.1 Å². The molecule has 1 amide bonds. The van der Waals surface area contributed by atoms with E-state index in [0.29, 0.717) is 28.8 Å². The molecule has 0 aliphatic rings. The normalized spacial score (nSPS) is 10.5. The molecule has 1 aromatic carbocycles. The smallest absolute Gasteiger partial charge is 0.225 e. The number of hydrogen-bond acceptors (Lipinski definition) is 2. The number of aromatic nitrogens is 2. The van der Waals surface area contributed by atoms with Gasteiger partial charge < -0.3 is 5.32 Å². The second-order valence-corrected chi connectivity index (χ2v) is 4.81. The average Bonchev–Trinajstić information content (AvgIpc) is 2.81. The fraction of sp³-hybridized carbons (Fsp3) is 0.231. The first-order chi connectivity index (χ1) is 9.10. The Hall–Kier alpha value is -1.52. The van der Waals surface area contributed by atoms with Gasteiger partial charge in [-0.25, -0.2) is 0 Å². The third-order valence-electron chi connectivity index (χ3n) is 2.61. The lowest BCUT2D eigenvalue weighted by atomic mass is 10.2. The summed E-state index contributed by atoms with van der Waals surface area (Å²) in [4.78, 5) is 11.3. The van der Waals surface area contributed by atoms with E-state index in [0.717, 1.165) is 5.56 Å². The molecule has 0 radical (unpaired) electrons. The molecule has 2 rings (SSSR count). The number of nitrogens with zero attached hydrogens (tertiary/aromatic N) is 2. The van der Waals surface area contributed by atoms with Crippen LogP contribution >= 0.6 is 23.2 Å². The molecule has 0 aliphatic heterocycles. The molecule has 100 valence electrons. The van der Waals surface area contributed by atoms with Crippen molar-refractivity contribution >= 4 is 34.9 Å². The topological polar surface area (TPSA) is 46.9 Å². The number of halogens is 2. The number of benzene rings is 1. The van der Waals surface area contributed by atoms with E-state index in [2.05, 4.69) is 10.4 Å². The van der Waals surface area contributed by atoms with Crippen molar-refractivity contribution in [2.24, 2.45) is 0 Å². The highest BCUT2D eigenvalue weighted by molar-refractivity contribution is 6.35. The third-order valence-corrected chi connectivity index (χ3v) is 3.32. The molecule has 1 aromatic heterocycles. The van der Waals surface area contributed by atoms with Gasteiger partial charge in [0.05, 0.1) is 6.54 Å². The summed E-state index contributed by atoms with van der Waals surface area (Å²) < 4.78 is 1.68. The number of carbonyl (C=O) groups is 1. The number of carbonyl (C=O) groups excluding carboxylic acids is 1. The Bertz CT molecular complexity index is 575. The Balaban J connectivity index is 2.14. The molecular formula is C13H13Cl2N3O. The minimum absolute atomic E-state index is 0.0685. The van der Waals surface area contributed by atoms with Crippen molar-refractivity contribution < 1.29 is 4.79 Å². The Labute approximate surface area is 121 Å². The number of amides is 1. The van der Waals surface area contributed by atoms with E-state index in [1.54, 1.807) is 42.1 Å². The lowest BCUT2D eigenvalue weighted by Gasteiger charge is -2.06. The number of nitrogens with one attached hydrogen (secondary N) is 1. The monoisotopic (exact) mass is 297 g/mol. The van der Waals surface area contributed by atoms with Gasteiger partial charge in [0.15, 0.2) is 5.82 Å². The molecule has 4 nitrogen and oxygen atoms in total. The van der Waals surface area contributed by atoms with Gasteiger partial charge in [0.25, 0.3) is 0 Å². The first-order valence-corrected chi connectivity index (χ1v) is 6.62. The van der Waals surface area contributed by atoms with Crippen LogP contribution in [-0.2, 0) is 11.3 Å². The fourth-order valence-electron chi connectivity index (χ4n) is 1.59. The van der Waals surface area contributed by atoms with Crippen molar-refractivity contribution in [3.8, 4) is 0 Å². The Morgan fingerprint density at radius 3 is 2.63 bits per heavy atom. The van der Waals surface area contributed by atoms with Gasteiger partial charge in [0, 0.05) is 34.3 Å². The second-order valence-electron chi connectivity index (χ2n) is 4.00. The largest absolute Gasteiger partial charge is 0.309 e. The van der Waals surface area contributed by atoms with Crippen LogP contribution in [0.1, 0.15) is 18.9 Å². The van der Waals surface area contributed by atoms with E-state index in [-0.39, 0.29) is 5.91 Å². The highest BCUT2D eigenvalue weighted by atomic mass is 35.5. The summed E-state index contributed by atoms with van der Waals surface area (Å²) in [6.07, 6.45) is 2.19. The molecule has 6 heteroatoms. The predicted octanol–water partition coefficient (Wildman–Crippen LogP) is 3.59. The molecule has 2 aromatic rings. The van der Waals surface area contributed by atoms with Crippen LogP contribution in [0.4, 0.5) is 5.82 Å². The van der Waals surface area contributed by atoms with Crippen molar-refractivity contribution in [2.45, 2.75) is 19.9 Å². The maximum Gasteiger partial charge on any atom is 0.225 e. The molecule has 0 spiro atoms. The number of hydrogen-bond donors (Lipinski definition) is 1. The summed E-state index contributed by atoms with van der Waals surface area (Å²) >= 11 is 12.2. The van der Waals surface area contributed by atoms with Crippen molar-refractivity contribution in [1.29, 1.82) is 0 Å². The minimum Gasteiger partial charge on any atom is -0.309 e. The molecule has 0 saturated heterocycles. The van der Waals surface area contributed by atoms with Crippen molar-refractivity contribution in [3.63, 3.8) is 0 Å². The van der Waals surface area contributed by atoms with Crippen LogP contribution in [0.25, 0.3) is 0 Å². The van der Waals surface area contributed by atoms with E-state index in [1.165, 1.54) is 0 Å². The van der Waals surface area contributed by atoms with Gasteiger partial charge in [0.2, 0.25) is 5.91 Å². The minimum atomic E-state index is -0.0685. The number of anilines is 1. The van der Waals surface area contributed by atoms with Crippen LogP contribution in [0.15, 0.2) is 30.5 Å². The first kappa shape index (κ1) is 13.9. The van der Waals surface area contributed by atoms with Crippen LogP contribution in [0, 0.1) is 0 Å². The van der Waals surface area contributed by atoms with E-state index in [9.17, 15) is 4.79 Å². The average molecular weight is 298 g/mol. The standard InChI is InChI=1S/C13H13Cl2N3O/c1-2-13(19)16-12-6-7-18(17-12)8-9-10(14)4-3-5-11(9)15/h3-7H,2,8H2,1H3,(H,16,17,19). The Morgan fingerprint density at radius 1 is 1.32 bits per heavy atom. The van der Waals surface area contributed by atoms with Crippen LogP contribution in [0.2, 0.25) is 10.0 Å². The maximum atomic E-state index is 11.3. The molecule has 1 heterocycles. The summed E-state index contributed by atoms with van der Waals surface area (Å²) in [5.41, 5.74) is 0.808. The Morgan fingerprint density at radius 2 is 2.00 bits per heavy atom. The zero-order chi connectivity index (χ0) is 13.8. The molecule has 0 aliphatic carbocycles. The maximum absolute atomic E-state index is 11.3. The lowest BCUT2D eigenvalue weighted by Crippen LogP contribution is -2.10. The molecular weight excluding hydrogens is 285 g/mol. The Kier molecular flexibility index (Phi) is 4.45. The zero-order valence-electron chi connectivity index (χ0n) is 10.4. The van der Waals surface area contributed by atoms with Crippen LogP contribution < -0.4 is 5.32 Å². The first-order valence-electron chi connectivity index (χ1n) is 5.86. The van der Waals surface area contributed by atoms with Gasteiger partial charge in [-0.3, -0.25) is 9.48 Å². The zero-order valence-corrected chi connectivity index (χ0v) is 11.9. The fourth-order valence-corrected chi connectivity index (χ4v) is 2.11. The van der Waals surface area contributed by atoms with E-state index < -0.39 is 0 Å².